The van der Waals surface area contributed by atoms with Crippen LogP contribution < -0.4 is 0 Å². The van der Waals surface area contributed by atoms with Crippen LogP contribution in [0.5, 0.6) is 0 Å². The normalized spacial score (nSPS) is 14.3. The van der Waals surface area contributed by atoms with E-state index in [1.54, 1.807) is 26.2 Å². The highest BCUT2D eigenvalue weighted by atomic mass is 16.5. The number of allylic oxidation sites excluding steroid dienone is 3. The minimum atomic E-state index is -0.854. The van der Waals surface area contributed by atoms with Gasteiger partial charge in [-0.15, -0.1) is 0 Å². The average Bonchev–Trinajstić information content (AvgIpc) is 1.96. The van der Waals surface area contributed by atoms with Crippen LogP contribution in [0, 0.1) is 0 Å². The Bertz CT molecular complexity index is 195. The fourth-order valence-corrected chi connectivity index (χ4v) is 0.510. The first kappa shape index (κ1) is 12.2. The Morgan fingerprint density at radius 2 is 1.62 bits per heavy atom. The largest absolute Gasteiger partial charge is 0.492 e. The Kier molecular flexibility index (Phi) is 4.21. The first-order valence-electron chi connectivity index (χ1n) is 4.49. The molecular weight excluding hydrogens is 164 g/mol. The first-order valence-corrected chi connectivity index (χ1v) is 4.49. The van der Waals surface area contributed by atoms with Gasteiger partial charge in [-0.25, -0.2) is 0 Å². The Morgan fingerprint density at radius 3 is 2.00 bits per heavy atom. The molecule has 0 fully saturated rings. The third kappa shape index (κ3) is 4.13. The van der Waals surface area contributed by atoms with Gasteiger partial charge in [0.05, 0.1) is 11.9 Å². The van der Waals surface area contributed by atoms with Crippen molar-refractivity contribution >= 4 is 0 Å². The SMILES string of the molecule is C/C=C\C=C\OC(C)(C)C(C)(C)O. The van der Waals surface area contributed by atoms with E-state index in [-0.39, 0.29) is 0 Å². The second-order valence-electron chi connectivity index (χ2n) is 4.04. The summed E-state index contributed by atoms with van der Waals surface area (Å²) in [7, 11) is 0. The number of aliphatic hydroxyl groups is 1. The standard InChI is InChI=1S/C11H20O2/c1-6-7-8-9-13-11(4,5)10(2,3)12/h6-9,12H,1-5H3/b7-6-,9-8+. The van der Waals surface area contributed by atoms with Crippen molar-refractivity contribution in [3.8, 4) is 0 Å². The van der Waals surface area contributed by atoms with E-state index in [9.17, 15) is 5.11 Å². The zero-order chi connectivity index (χ0) is 10.5. The van der Waals surface area contributed by atoms with Gasteiger partial charge in [0.15, 0.2) is 0 Å². The minimum Gasteiger partial charge on any atom is -0.492 e. The van der Waals surface area contributed by atoms with Crippen molar-refractivity contribution in [3.63, 3.8) is 0 Å². The third-order valence-electron chi connectivity index (χ3n) is 2.22. The molecule has 0 unspecified atom stereocenters. The summed E-state index contributed by atoms with van der Waals surface area (Å²) >= 11 is 0. The van der Waals surface area contributed by atoms with E-state index in [1.165, 1.54) is 0 Å². The van der Waals surface area contributed by atoms with Gasteiger partial charge in [0, 0.05) is 0 Å². The maximum atomic E-state index is 9.73. The lowest BCUT2D eigenvalue weighted by atomic mass is 9.90. The molecule has 1 N–H and O–H groups in total. The topological polar surface area (TPSA) is 29.5 Å². The Labute approximate surface area is 80.9 Å². The molecule has 13 heavy (non-hydrogen) atoms. The van der Waals surface area contributed by atoms with Gasteiger partial charge in [-0.3, -0.25) is 0 Å². The number of hydrogen-bond donors (Lipinski definition) is 1. The molecular formula is C11H20O2. The van der Waals surface area contributed by atoms with Crippen LogP contribution in [0.4, 0.5) is 0 Å². The zero-order valence-electron chi connectivity index (χ0n) is 9.16. The van der Waals surface area contributed by atoms with Crippen LogP contribution in [-0.4, -0.2) is 16.3 Å². The van der Waals surface area contributed by atoms with Gasteiger partial charge in [-0.1, -0.05) is 12.2 Å². The molecule has 0 aliphatic rings. The van der Waals surface area contributed by atoms with E-state index in [2.05, 4.69) is 0 Å². The van der Waals surface area contributed by atoms with Crippen molar-refractivity contribution in [1.29, 1.82) is 0 Å². The van der Waals surface area contributed by atoms with E-state index >= 15 is 0 Å². The Morgan fingerprint density at radius 1 is 1.08 bits per heavy atom. The van der Waals surface area contributed by atoms with Gasteiger partial charge in [0.1, 0.15) is 5.60 Å². The summed E-state index contributed by atoms with van der Waals surface area (Å²) in [5.41, 5.74) is -1.43. The molecule has 0 atom stereocenters. The average molecular weight is 184 g/mol. The summed E-state index contributed by atoms with van der Waals surface area (Å²) < 4.78 is 5.41. The van der Waals surface area contributed by atoms with Crippen molar-refractivity contribution in [2.24, 2.45) is 0 Å². The lowest BCUT2D eigenvalue weighted by molar-refractivity contribution is -0.113. The molecule has 0 aromatic carbocycles. The van der Waals surface area contributed by atoms with Gasteiger partial charge in [0.2, 0.25) is 0 Å². The predicted molar refractivity (Wildman–Crippen MR) is 55.4 cm³/mol. The Balaban J connectivity index is 4.19. The van der Waals surface area contributed by atoms with Crippen molar-refractivity contribution < 1.29 is 9.84 Å². The monoisotopic (exact) mass is 184 g/mol. The van der Waals surface area contributed by atoms with E-state index in [0.717, 1.165) is 0 Å². The highest BCUT2D eigenvalue weighted by Crippen LogP contribution is 2.24. The van der Waals surface area contributed by atoms with Gasteiger partial charge < -0.3 is 9.84 Å². The van der Waals surface area contributed by atoms with Gasteiger partial charge in [0.25, 0.3) is 0 Å². The minimum absolute atomic E-state index is 0.578. The van der Waals surface area contributed by atoms with Crippen LogP contribution in [0.2, 0.25) is 0 Å². The number of rotatable bonds is 4. The summed E-state index contributed by atoms with van der Waals surface area (Å²) in [5, 5.41) is 9.73. The fraction of sp³-hybridized carbons (Fsp3) is 0.636. The van der Waals surface area contributed by atoms with Crippen molar-refractivity contribution in [2.45, 2.75) is 45.8 Å². The Hall–Kier alpha value is -0.760. The molecule has 0 amide bonds. The molecule has 0 saturated heterocycles. The molecule has 0 heterocycles. The molecule has 0 bridgehead atoms. The fourth-order valence-electron chi connectivity index (χ4n) is 0.510. The van der Waals surface area contributed by atoms with E-state index in [4.69, 9.17) is 4.74 Å². The van der Waals surface area contributed by atoms with Crippen molar-refractivity contribution in [2.75, 3.05) is 0 Å². The van der Waals surface area contributed by atoms with Crippen LogP contribution in [-0.2, 0) is 4.74 Å². The van der Waals surface area contributed by atoms with Crippen LogP contribution in [0.25, 0.3) is 0 Å². The number of hydrogen-bond acceptors (Lipinski definition) is 2. The lowest BCUT2D eigenvalue weighted by Crippen LogP contribution is -2.46. The van der Waals surface area contributed by atoms with Gasteiger partial charge >= 0.3 is 0 Å². The second-order valence-corrected chi connectivity index (χ2v) is 4.04. The molecule has 76 valence electrons. The van der Waals surface area contributed by atoms with Gasteiger partial charge in [-0.2, -0.15) is 0 Å². The first-order chi connectivity index (χ1) is 5.81. The molecule has 0 spiro atoms. The summed E-state index contributed by atoms with van der Waals surface area (Å²) in [6.45, 7) is 9.11. The van der Waals surface area contributed by atoms with Crippen molar-refractivity contribution in [1.82, 2.24) is 0 Å². The zero-order valence-corrected chi connectivity index (χ0v) is 9.16. The predicted octanol–water partition coefficient (Wildman–Crippen LogP) is 2.64. The van der Waals surface area contributed by atoms with Crippen LogP contribution >= 0.6 is 0 Å². The maximum absolute atomic E-state index is 9.73. The van der Waals surface area contributed by atoms with E-state index in [0.29, 0.717) is 0 Å². The molecule has 0 aliphatic carbocycles. The molecule has 0 radical (unpaired) electrons. The quantitative estimate of drug-likeness (QED) is 0.537. The molecule has 0 rings (SSSR count). The third-order valence-corrected chi connectivity index (χ3v) is 2.22. The lowest BCUT2D eigenvalue weighted by Gasteiger charge is -2.36. The van der Waals surface area contributed by atoms with Crippen LogP contribution in [0.3, 0.4) is 0 Å². The molecule has 0 aromatic heterocycles. The van der Waals surface area contributed by atoms with Gasteiger partial charge in [-0.05, 0) is 40.7 Å². The maximum Gasteiger partial charge on any atom is 0.130 e. The van der Waals surface area contributed by atoms with Crippen LogP contribution in [0.15, 0.2) is 24.5 Å². The second kappa shape index (κ2) is 4.47. The summed E-state index contributed by atoms with van der Waals surface area (Å²) in [6.07, 6.45) is 7.18. The highest BCUT2D eigenvalue weighted by Gasteiger charge is 2.36. The highest BCUT2D eigenvalue weighted by molar-refractivity contribution is 4.99. The summed E-state index contributed by atoms with van der Waals surface area (Å²) in [6, 6.07) is 0. The summed E-state index contributed by atoms with van der Waals surface area (Å²) in [5.74, 6) is 0. The van der Waals surface area contributed by atoms with Crippen molar-refractivity contribution in [3.05, 3.63) is 24.5 Å². The van der Waals surface area contributed by atoms with Crippen LogP contribution in [0.1, 0.15) is 34.6 Å². The summed E-state index contributed by atoms with van der Waals surface area (Å²) in [4.78, 5) is 0. The van der Waals surface area contributed by atoms with E-state index < -0.39 is 11.2 Å². The molecule has 2 nitrogen and oxygen atoms in total. The van der Waals surface area contributed by atoms with E-state index in [1.807, 2.05) is 32.9 Å². The number of ether oxygens (including phenoxy) is 1. The molecule has 0 saturated carbocycles. The molecule has 0 aliphatic heterocycles. The molecule has 2 heteroatoms. The smallest absolute Gasteiger partial charge is 0.130 e. The molecule has 0 aromatic rings.